The van der Waals surface area contributed by atoms with E-state index >= 15 is 0 Å². The van der Waals surface area contributed by atoms with Gasteiger partial charge in [0, 0.05) is 42.5 Å². The van der Waals surface area contributed by atoms with Gasteiger partial charge in [-0.2, -0.15) is 0 Å². The third-order valence-corrected chi connectivity index (χ3v) is 4.54. The van der Waals surface area contributed by atoms with Gasteiger partial charge < -0.3 is 10.0 Å². The highest BCUT2D eigenvalue weighted by molar-refractivity contribution is 5.85. The summed E-state index contributed by atoms with van der Waals surface area (Å²) in [5, 5.41) is 10.1. The van der Waals surface area contributed by atoms with Crippen LogP contribution in [0.5, 0.6) is 0 Å². The van der Waals surface area contributed by atoms with Gasteiger partial charge in [-0.3, -0.25) is 0 Å². The van der Waals surface area contributed by atoms with Gasteiger partial charge in [0.15, 0.2) is 11.3 Å². The average molecular weight is 335 g/mol. The summed E-state index contributed by atoms with van der Waals surface area (Å²) >= 11 is 0. The number of carbonyl (C=O) groups is 1. The number of carboxylic acids is 1. The number of rotatable bonds is 3. The van der Waals surface area contributed by atoms with Crippen molar-refractivity contribution in [3.8, 4) is 0 Å². The van der Waals surface area contributed by atoms with Gasteiger partial charge in [-0.15, -0.1) is 0 Å². The van der Waals surface area contributed by atoms with Crippen LogP contribution in [0.15, 0.2) is 42.7 Å². The molecular formula is C18H17N5O2. The van der Waals surface area contributed by atoms with Crippen molar-refractivity contribution < 1.29 is 9.90 Å². The molecule has 25 heavy (non-hydrogen) atoms. The Labute approximate surface area is 144 Å². The number of hydrogen-bond donors (Lipinski definition) is 1. The van der Waals surface area contributed by atoms with Gasteiger partial charge in [-0.05, 0) is 43.2 Å². The summed E-state index contributed by atoms with van der Waals surface area (Å²) in [5.41, 5.74) is 1.86. The van der Waals surface area contributed by atoms with Crippen LogP contribution in [0, 0.1) is 0 Å². The maximum atomic E-state index is 11.1. The van der Waals surface area contributed by atoms with Crippen LogP contribution >= 0.6 is 0 Å². The third kappa shape index (κ3) is 3.13. The lowest BCUT2D eigenvalue weighted by molar-refractivity contribution is 0.0690. The SMILES string of the molecule is O=C(O)c1ccnc(N2CCC(c3ccc4cccnc4n3)CC2)n1. The van der Waals surface area contributed by atoms with Crippen molar-refractivity contribution in [2.24, 2.45) is 0 Å². The predicted octanol–water partition coefficient (Wildman–Crippen LogP) is 2.50. The molecule has 3 aromatic heterocycles. The first-order valence-corrected chi connectivity index (χ1v) is 8.24. The standard InChI is InChI=1S/C18H17N5O2/c24-17(25)15-5-9-20-18(22-15)23-10-6-12(7-11-23)14-4-3-13-2-1-8-19-16(13)21-14/h1-5,8-9,12H,6-7,10-11H2,(H,24,25). The Bertz CT molecular complexity index is 922. The highest BCUT2D eigenvalue weighted by atomic mass is 16.4. The molecule has 7 heteroatoms. The van der Waals surface area contributed by atoms with Gasteiger partial charge in [-0.25, -0.2) is 24.7 Å². The molecule has 0 saturated carbocycles. The van der Waals surface area contributed by atoms with Crippen molar-refractivity contribution in [2.75, 3.05) is 18.0 Å². The molecule has 7 nitrogen and oxygen atoms in total. The van der Waals surface area contributed by atoms with E-state index in [1.54, 1.807) is 6.20 Å². The number of piperidine rings is 1. The molecule has 126 valence electrons. The molecule has 1 N–H and O–H groups in total. The predicted molar refractivity (Wildman–Crippen MR) is 92.7 cm³/mol. The highest BCUT2D eigenvalue weighted by Crippen LogP contribution is 2.29. The van der Waals surface area contributed by atoms with Crippen molar-refractivity contribution in [1.29, 1.82) is 0 Å². The maximum Gasteiger partial charge on any atom is 0.354 e. The van der Waals surface area contributed by atoms with Crippen molar-refractivity contribution in [3.05, 3.63) is 54.1 Å². The van der Waals surface area contributed by atoms with Gasteiger partial charge in [0.2, 0.25) is 5.95 Å². The number of anilines is 1. The number of hydrogen-bond acceptors (Lipinski definition) is 6. The number of aromatic carboxylic acids is 1. The molecule has 1 aliphatic heterocycles. The van der Waals surface area contributed by atoms with E-state index in [1.807, 2.05) is 17.0 Å². The van der Waals surface area contributed by atoms with Gasteiger partial charge in [0.1, 0.15) is 0 Å². The molecule has 1 fully saturated rings. The first-order valence-electron chi connectivity index (χ1n) is 8.24. The van der Waals surface area contributed by atoms with Crippen LogP contribution in [0.1, 0.15) is 34.9 Å². The maximum absolute atomic E-state index is 11.1. The lowest BCUT2D eigenvalue weighted by Crippen LogP contribution is -2.34. The molecular weight excluding hydrogens is 318 g/mol. The Morgan fingerprint density at radius 3 is 2.68 bits per heavy atom. The van der Waals surface area contributed by atoms with E-state index in [4.69, 9.17) is 10.1 Å². The van der Waals surface area contributed by atoms with Crippen LogP contribution in [0.25, 0.3) is 11.0 Å². The second kappa shape index (κ2) is 6.43. The summed E-state index contributed by atoms with van der Waals surface area (Å²) in [4.78, 5) is 30.4. The first kappa shape index (κ1) is 15.4. The normalized spacial score (nSPS) is 15.4. The quantitative estimate of drug-likeness (QED) is 0.786. The van der Waals surface area contributed by atoms with E-state index < -0.39 is 5.97 Å². The molecule has 1 saturated heterocycles. The molecule has 3 aromatic rings. The van der Waals surface area contributed by atoms with Crippen LogP contribution < -0.4 is 4.90 Å². The molecule has 0 atom stereocenters. The zero-order chi connectivity index (χ0) is 17.2. The number of nitrogens with zero attached hydrogens (tertiary/aromatic N) is 5. The minimum atomic E-state index is -1.04. The minimum Gasteiger partial charge on any atom is -0.477 e. The zero-order valence-electron chi connectivity index (χ0n) is 13.5. The number of aromatic nitrogens is 4. The van der Waals surface area contributed by atoms with E-state index in [0.717, 1.165) is 42.7 Å². The summed E-state index contributed by atoms with van der Waals surface area (Å²) in [6, 6.07) is 9.47. The summed E-state index contributed by atoms with van der Waals surface area (Å²) in [6.45, 7) is 1.55. The van der Waals surface area contributed by atoms with E-state index in [1.165, 1.54) is 12.3 Å². The largest absolute Gasteiger partial charge is 0.477 e. The van der Waals surface area contributed by atoms with Crippen LogP contribution in [0.4, 0.5) is 5.95 Å². The number of carboxylic acid groups (broad SMARTS) is 1. The fraction of sp³-hybridized carbons (Fsp3) is 0.278. The Morgan fingerprint density at radius 1 is 1.04 bits per heavy atom. The Balaban J connectivity index is 1.49. The van der Waals surface area contributed by atoms with E-state index in [2.05, 4.69) is 27.1 Å². The zero-order valence-corrected chi connectivity index (χ0v) is 13.5. The monoisotopic (exact) mass is 335 g/mol. The molecule has 1 aliphatic rings. The minimum absolute atomic E-state index is 0.0226. The van der Waals surface area contributed by atoms with Crippen molar-refractivity contribution in [2.45, 2.75) is 18.8 Å². The van der Waals surface area contributed by atoms with Crippen LogP contribution in [-0.2, 0) is 0 Å². The summed E-state index contributed by atoms with van der Waals surface area (Å²) in [7, 11) is 0. The molecule has 0 radical (unpaired) electrons. The topological polar surface area (TPSA) is 92.1 Å². The van der Waals surface area contributed by atoms with Gasteiger partial charge in [-0.1, -0.05) is 0 Å². The summed E-state index contributed by atoms with van der Waals surface area (Å²) in [5.74, 6) is -0.191. The smallest absolute Gasteiger partial charge is 0.354 e. The van der Waals surface area contributed by atoms with E-state index in [0.29, 0.717) is 11.9 Å². The molecule has 0 aliphatic carbocycles. The van der Waals surface area contributed by atoms with Crippen LogP contribution in [0.3, 0.4) is 0 Å². The van der Waals surface area contributed by atoms with Crippen molar-refractivity contribution in [3.63, 3.8) is 0 Å². The van der Waals surface area contributed by atoms with E-state index in [9.17, 15) is 4.79 Å². The Kier molecular flexibility index (Phi) is 3.97. The summed E-state index contributed by atoms with van der Waals surface area (Å²) < 4.78 is 0. The van der Waals surface area contributed by atoms with Crippen molar-refractivity contribution >= 4 is 23.0 Å². The van der Waals surface area contributed by atoms with Gasteiger partial charge >= 0.3 is 5.97 Å². The average Bonchev–Trinajstić information content (AvgIpc) is 2.68. The molecule has 4 rings (SSSR count). The first-order chi connectivity index (χ1) is 12.2. The molecule has 0 unspecified atom stereocenters. The van der Waals surface area contributed by atoms with Gasteiger partial charge in [0.05, 0.1) is 0 Å². The van der Waals surface area contributed by atoms with Crippen molar-refractivity contribution in [1.82, 2.24) is 19.9 Å². The summed E-state index contributed by atoms with van der Waals surface area (Å²) in [6.07, 6.45) is 5.10. The lowest BCUT2D eigenvalue weighted by atomic mass is 9.93. The van der Waals surface area contributed by atoms with Gasteiger partial charge in [0.25, 0.3) is 0 Å². The third-order valence-electron chi connectivity index (χ3n) is 4.54. The van der Waals surface area contributed by atoms with Crippen LogP contribution in [-0.4, -0.2) is 44.1 Å². The van der Waals surface area contributed by atoms with E-state index in [-0.39, 0.29) is 5.69 Å². The molecule has 0 aromatic carbocycles. The molecule has 4 heterocycles. The Hall–Kier alpha value is -3.09. The number of pyridine rings is 2. The second-order valence-corrected chi connectivity index (χ2v) is 6.09. The second-order valence-electron chi connectivity index (χ2n) is 6.09. The fourth-order valence-electron chi connectivity index (χ4n) is 3.19. The molecule has 0 spiro atoms. The lowest BCUT2D eigenvalue weighted by Gasteiger charge is -2.31. The Morgan fingerprint density at radius 2 is 1.88 bits per heavy atom. The number of fused-ring (bicyclic) bond motifs is 1. The molecule has 0 bridgehead atoms. The highest BCUT2D eigenvalue weighted by Gasteiger charge is 2.24. The molecule has 0 amide bonds. The fourth-order valence-corrected chi connectivity index (χ4v) is 3.19. The van der Waals surface area contributed by atoms with Crippen LogP contribution in [0.2, 0.25) is 0 Å².